The molecule has 0 aliphatic carbocycles. The fourth-order valence-electron chi connectivity index (χ4n) is 2.30. The van der Waals surface area contributed by atoms with Crippen molar-refractivity contribution in [3.63, 3.8) is 0 Å². The summed E-state index contributed by atoms with van der Waals surface area (Å²) in [5.74, 6) is 0.622. The number of hydrogen-bond acceptors (Lipinski definition) is 4. The number of fused-ring (bicyclic) bond motifs is 1. The van der Waals surface area contributed by atoms with E-state index in [-0.39, 0.29) is 5.91 Å². The van der Waals surface area contributed by atoms with Crippen LogP contribution >= 0.6 is 0 Å². The van der Waals surface area contributed by atoms with Crippen molar-refractivity contribution in [1.82, 2.24) is 19.4 Å². The van der Waals surface area contributed by atoms with Crippen LogP contribution in [0, 0.1) is 0 Å². The number of amides is 1. The standard InChI is InChI=1S/C13H15N5O/c1-14-12-11(3-2-4-16-12)13(19)17-5-6-18-9-15-7-10(18)8-17/h2-4,7,9H,5-6,8H2,1H3,(H,14,16). The Hall–Kier alpha value is -2.37. The third-order valence-electron chi connectivity index (χ3n) is 3.32. The first kappa shape index (κ1) is 11.7. The zero-order valence-corrected chi connectivity index (χ0v) is 10.7. The summed E-state index contributed by atoms with van der Waals surface area (Å²) in [6.07, 6.45) is 5.29. The van der Waals surface area contributed by atoms with E-state index in [0.29, 0.717) is 24.5 Å². The molecule has 98 valence electrons. The molecule has 0 saturated heterocycles. The predicted octanol–water partition coefficient (Wildman–Crippen LogP) is 0.976. The summed E-state index contributed by atoms with van der Waals surface area (Å²) in [5.41, 5.74) is 1.67. The molecule has 1 N–H and O–H groups in total. The lowest BCUT2D eigenvalue weighted by atomic mass is 10.2. The quantitative estimate of drug-likeness (QED) is 0.871. The Morgan fingerprint density at radius 3 is 3.16 bits per heavy atom. The van der Waals surface area contributed by atoms with Crippen molar-refractivity contribution in [2.45, 2.75) is 13.1 Å². The fraction of sp³-hybridized carbons (Fsp3) is 0.308. The Bertz CT molecular complexity index is 607. The minimum atomic E-state index is 0.00454. The molecule has 0 bridgehead atoms. The van der Waals surface area contributed by atoms with Gasteiger partial charge in [-0.15, -0.1) is 0 Å². The molecular weight excluding hydrogens is 242 g/mol. The average Bonchev–Trinajstić information content (AvgIpc) is 2.93. The van der Waals surface area contributed by atoms with Crippen molar-refractivity contribution in [1.29, 1.82) is 0 Å². The van der Waals surface area contributed by atoms with Crippen molar-refractivity contribution < 1.29 is 4.79 Å². The van der Waals surface area contributed by atoms with Crippen LogP contribution in [0.15, 0.2) is 30.9 Å². The first-order valence-corrected chi connectivity index (χ1v) is 6.20. The summed E-state index contributed by atoms with van der Waals surface area (Å²) in [6, 6.07) is 3.58. The summed E-state index contributed by atoms with van der Waals surface area (Å²) < 4.78 is 2.08. The van der Waals surface area contributed by atoms with Crippen LogP contribution in [0.4, 0.5) is 5.82 Å². The lowest BCUT2D eigenvalue weighted by Gasteiger charge is -2.28. The topological polar surface area (TPSA) is 63.1 Å². The second-order valence-corrected chi connectivity index (χ2v) is 4.45. The van der Waals surface area contributed by atoms with Crippen LogP contribution in [0.25, 0.3) is 0 Å². The number of pyridine rings is 1. The van der Waals surface area contributed by atoms with Crippen molar-refractivity contribution in [2.75, 3.05) is 18.9 Å². The Morgan fingerprint density at radius 1 is 1.42 bits per heavy atom. The van der Waals surface area contributed by atoms with Crippen molar-refractivity contribution >= 4 is 11.7 Å². The number of nitrogens with one attached hydrogen (secondary N) is 1. The third-order valence-corrected chi connectivity index (χ3v) is 3.32. The molecule has 1 amide bonds. The van der Waals surface area contributed by atoms with Gasteiger partial charge in [-0.1, -0.05) is 0 Å². The van der Waals surface area contributed by atoms with Gasteiger partial charge in [0.15, 0.2) is 0 Å². The fourth-order valence-corrected chi connectivity index (χ4v) is 2.30. The van der Waals surface area contributed by atoms with Gasteiger partial charge >= 0.3 is 0 Å². The van der Waals surface area contributed by atoms with Gasteiger partial charge in [0, 0.05) is 32.5 Å². The van der Waals surface area contributed by atoms with Crippen LogP contribution < -0.4 is 5.32 Å². The van der Waals surface area contributed by atoms with Gasteiger partial charge in [0.05, 0.1) is 24.1 Å². The lowest BCUT2D eigenvalue weighted by molar-refractivity contribution is 0.0712. The molecule has 2 aromatic heterocycles. The maximum atomic E-state index is 12.5. The van der Waals surface area contributed by atoms with Crippen LogP contribution in [-0.4, -0.2) is 38.9 Å². The van der Waals surface area contributed by atoms with E-state index in [9.17, 15) is 4.79 Å². The highest BCUT2D eigenvalue weighted by Gasteiger charge is 2.23. The minimum Gasteiger partial charge on any atom is -0.372 e. The smallest absolute Gasteiger partial charge is 0.258 e. The van der Waals surface area contributed by atoms with E-state index >= 15 is 0 Å². The highest BCUT2D eigenvalue weighted by atomic mass is 16.2. The maximum Gasteiger partial charge on any atom is 0.258 e. The second kappa shape index (κ2) is 4.72. The largest absolute Gasteiger partial charge is 0.372 e. The Kier molecular flexibility index (Phi) is 2.91. The predicted molar refractivity (Wildman–Crippen MR) is 70.8 cm³/mol. The summed E-state index contributed by atoms with van der Waals surface area (Å²) >= 11 is 0. The number of imidazole rings is 1. The van der Waals surface area contributed by atoms with Gasteiger partial charge in [-0.05, 0) is 12.1 Å². The summed E-state index contributed by atoms with van der Waals surface area (Å²) in [6.45, 7) is 2.08. The molecule has 0 radical (unpaired) electrons. The molecule has 0 spiro atoms. The Morgan fingerprint density at radius 2 is 2.32 bits per heavy atom. The Balaban J connectivity index is 1.85. The molecule has 6 heteroatoms. The van der Waals surface area contributed by atoms with Crippen molar-refractivity contribution in [2.24, 2.45) is 0 Å². The minimum absolute atomic E-state index is 0.00454. The van der Waals surface area contributed by atoms with E-state index in [1.807, 2.05) is 11.1 Å². The van der Waals surface area contributed by atoms with Gasteiger partial charge in [-0.25, -0.2) is 9.97 Å². The van der Waals surface area contributed by atoms with E-state index in [0.717, 1.165) is 12.2 Å². The summed E-state index contributed by atoms with van der Waals surface area (Å²) in [4.78, 5) is 22.6. The van der Waals surface area contributed by atoms with Crippen LogP contribution in [0.3, 0.4) is 0 Å². The van der Waals surface area contributed by atoms with E-state index in [1.165, 1.54) is 0 Å². The third kappa shape index (κ3) is 2.05. The Labute approximate surface area is 111 Å². The number of rotatable bonds is 2. The van der Waals surface area contributed by atoms with Crippen molar-refractivity contribution in [3.05, 3.63) is 42.1 Å². The molecule has 1 aliphatic heterocycles. The first-order chi connectivity index (χ1) is 9.29. The van der Waals surface area contributed by atoms with Crippen LogP contribution in [0.2, 0.25) is 0 Å². The van der Waals surface area contributed by atoms with Crippen LogP contribution in [0.1, 0.15) is 16.1 Å². The molecule has 6 nitrogen and oxygen atoms in total. The van der Waals surface area contributed by atoms with Gasteiger partial charge in [-0.3, -0.25) is 4.79 Å². The highest BCUT2D eigenvalue weighted by molar-refractivity contribution is 5.98. The molecular formula is C13H15N5O. The van der Waals surface area contributed by atoms with E-state index in [2.05, 4.69) is 19.9 Å². The molecule has 3 heterocycles. The van der Waals surface area contributed by atoms with E-state index in [1.54, 1.807) is 31.7 Å². The maximum absolute atomic E-state index is 12.5. The van der Waals surface area contributed by atoms with Crippen molar-refractivity contribution in [3.8, 4) is 0 Å². The highest BCUT2D eigenvalue weighted by Crippen LogP contribution is 2.18. The molecule has 19 heavy (non-hydrogen) atoms. The normalized spacial score (nSPS) is 14.1. The molecule has 3 rings (SSSR count). The number of hydrogen-bond donors (Lipinski definition) is 1. The monoisotopic (exact) mass is 257 g/mol. The van der Waals surface area contributed by atoms with E-state index in [4.69, 9.17) is 0 Å². The molecule has 1 aliphatic rings. The zero-order valence-electron chi connectivity index (χ0n) is 10.7. The zero-order chi connectivity index (χ0) is 13.2. The van der Waals surface area contributed by atoms with Gasteiger partial charge in [-0.2, -0.15) is 0 Å². The number of aromatic nitrogens is 3. The van der Waals surface area contributed by atoms with Crippen LogP contribution in [0.5, 0.6) is 0 Å². The molecule has 2 aromatic rings. The van der Waals surface area contributed by atoms with Gasteiger partial charge in [0.1, 0.15) is 5.82 Å². The van der Waals surface area contributed by atoms with Gasteiger partial charge in [0.25, 0.3) is 5.91 Å². The molecule has 0 unspecified atom stereocenters. The second-order valence-electron chi connectivity index (χ2n) is 4.45. The number of anilines is 1. The summed E-state index contributed by atoms with van der Waals surface area (Å²) in [7, 11) is 1.77. The molecule has 0 fully saturated rings. The number of carbonyl (C=O) groups is 1. The number of nitrogens with zero attached hydrogens (tertiary/aromatic N) is 4. The van der Waals surface area contributed by atoms with Gasteiger partial charge in [0.2, 0.25) is 0 Å². The molecule has 0 aromatic carbocycles. The molecule has 0 atom stereocenters. The first-order valence-electron chi connectivity index (χ1n) is 6.20. The lowest BCUT2D eigenvalue weighted by Crippen LogP contribution is -2.38. The van der Waals surface area contributed by atoms with E-state index < -0.39 is 0 Å². The van der Waals surface area contributed by atoms with Crippen LogP contribution in [-0.2, 0) is 13.1 Å². The number of carbonyl (C=O) groups excluding carboxylic acids is 1. The van der Waals surface area contributed by atoms with Gasteiger partial charge < -0.3 is 14.8 Å². The average molecular weight is 257 g/mol. The molecule has 0 saturated carbocycles. The SMILES string of the molecule is CNc1ncccc1C(=O)N1CCn2cncc2C1. The summed E-state index contributed by atoms with van der Waals surface area (Å²) in [5, 5.41) is 2.95.